The molecule has 0 radical (unpaired) electrons. The summed E-state index contributed by atoms with van der Waals surface area (Å²) in [6, 6.07) is 9.82. The lowest BCUT2D eigenvalue weighted by Crippen LogP contribution is -2.55. The van der Waals surface area contributed by atoms with Crippen LogP contribution >= 0.6 is 0 Å². The van der Waals surface area contributed by atoms with Crippen molar-refractivity contribution in [1.82, 2.24) is 14.7 Å². The molecule has 0 bridgehead atoms. The van der Waals surface area contributed by atoms with E-state index in [0.717, 1.165) is 19.6 Å². The van der Waals surface area contributed by atoms with E-state index in [0.29, 0.717) is 25.4 Å². The Balaban J connectivity index is 1.57. The molecule has 1 N–H and O–H groups in total. The number of urea groups is 1. The van der Waals surface area contributed by atoms with Gasteiger partial charge in [0.25, 0.3) is 5.91 Å². The smallest absolute Gasteiger partial charge is 0.336 e. The Hall–Kier alpha value is -2.45. The van der Waals surface area contributed by atoms with E-state index in [1.54, 1.807) is 4.90 Å². The van der Waals surface area contributed by atoms with Crippen molar-refractivity contribution in [2.45, 2.75) is 39.0 Å². The van der Waals surface area contributed by atoms with Crippen LogP contribution in [0.1, 0.15) is 25.8 Å². The van der Waals surface area contributed by atoms with Crippen molar-refractivity contribution < 1.29 is 24.2 Å². The van der Waals surface area contributed by atoms with Gasteiger partial charge in [-0.3, -0.25) is 14.6 Å². The molecule has 2 saturated heterocycles. The molecule has 3 amide bonds. The van der Waals surface area contributed by atoms with Crippen LogP contribution in [0.25, 0.3) is 0 Å². The summed E-state index contributed by atoms with van der Waals surface area (Å²) < 4.78 is 4.98. The number of carboxylic acid groups (broad SMARTS) is 1. The predicted molar refractivity (Wildman–Crippen MR) is 106 cm³/mol. The molecular weight excluding hydrogens is 374 g/mol. The first-order valence-electron chi connectivity index (χ1n) is 10.1. The number of carboxylic acids is 1. The number of epoxide rings is 1. The standard InChI is InChI=1S/C21H29N3O5/c1-15(2)8-9-24(19(25)17-18(29-17)20(26)27)21(28)23-12-10-22(11-13-23)14-16-6-4-3-5-7-16/h3-7,15,17-18H,8-14H2,1-2H3,(H,26,27)/t17-,18-/m0/s1. The van der Waals surface area contributed by atoms with Gasteiger partial charge in [-0.05, 0) is 17.9 Å². The van der Waals surface area contributed by atoms with Crippen molar-refractivity contribution in [3.8, 4) is 0 Å². The number of hydrogen-bond acceptors (Lipinski definition) is 5. The number of benzene rings is 1. The van der Waals surface area contributed by atoms with Crippen LogP contribution in [0.4, 0.5) is 4.79 Å². The van der Waals surface area contributed by atoms with Crippen molar-refractivity contribution in [2.24, 2.45) is 5.92 Å². The van der Waals surface area contributed by atoms with Crippen molar-refractivity contribution in [3.63, 3.8) is 0 Å². The fourth-order valence-corrected chi connectivity index (χ4v) is 3.44. The van der Waals surface area contributed by atoms with E-state index in [4.69, 9.17) is 9.84 Å². The first kappa shape index (κ1) is 21.3. The number of imide groups is 1. The number of carbonyl (C=O) groups is 3. The minimum Gasteiger partial charge on any atom is -0.479 e. The van der Waals surface area contributed by atoms with Crippen LogP contribution < -0.4 is 0 Å². The van der Waals surface area contributed by atoms with Crippen LogP contribution in [0.2, 0.25) is 0 Å². The molecule has 2 fully saturated rings. The van der Waals surface area contributed by atoms with E-state index in [1.807, 2.05) is 32.0 Å². The van der Waals surface area contributed by atoms with Crippen molar-refractivity contribution in [2.75, 3.05) is 32.7 Å². The number of aliphatic carboxylic acids is 1. The van der Waals surface area contributed by atoms with Crippen LogP contribution in [0.5, 0.6) is 0 Å². The highest BCUT2D eigenvalue weighted by Crippen LogP contribution is 2.25. The van der Waals surface area contributed by atoms with Gasteiger partial charge in [0.05, 0.1) is 0 Å². The normalized spacial score (nSPS) is 21.8. The summed E-state index contributed by atoms with van der Waals surface area (Å²) in [7, 11) is 0. The fourth-order valence-electron chi connectivity index (χ4n) is 3.44. The van der Waals surface area contributed by atoms with Gasteiger partial charge in [-0.25, -0.2) is 9.59 Å². The summed E-state index contributed by atoms with van der Waals surface area (Å²) in [4.78, 5) is 41.9. The second-order valence-corrected chi connectivity index (χ2v) is 8.02. The molecule has 2 atom stereocenters. The molecule has 0 aliphatic carbocycles. The van der Waals surface area contributed by atoms with Gasteiger partial charge in [-0.15, -0.1) is 0 Å². The Kier molecular flexibility index (Phi) is 6.87. The van der Waals surface area contributed by atoms with Gasteiger partial charge in [0.15, 0.2) is 12.2 Å². The maximum Gasteiger partial charge on any atom is 0.336 e. The average molecular weight is 403 g/mol. The zero-order valence-corrected chi connectivity index (χ0v) is 17.0. The number of hydrogen-bond donors (Lipinski definition) is 1. The fraction of sp³-hybridized carbons (Fsp3) is 0.571. The Labute approximate surface area is 171 Å². The van der Waals surface area contributed by atoms with Crippen LogP contribution in [0.3, 0.4) is 0 Å². The Morgan fingerprint density at radius 1 is 1.10 bits per heavy atom. The number of amides is 3. The van der Waals surface area contributed by atoms with Crippen LogP contribution in [-0.4, -0.2) is 82.6 Å². The first-order valence-corrected chi connectivity index (χ1v) is 10.1. The number of ether oxygens (including phenoxy) is 1. The van der Waals surface area contributed by atoms with Gasteiger partial charge >= 0.3 is 12.0 Å². The summed E-state index contributed by atoms with van der Waals surface area (Å²) in [6.07, 6.45) is -1.53. The van der Waals surface area contributed by atoms with E-state index in [2.05, 4.69) is 17.0 Å². The molecule has 158 valence electrons. The molecular formula is C21H29N3O5. The zero-order valence-electron chi connectivity index (χ0n) is 17.0. The molecule has 2 aliphatic rings. The quantitative estimate of drug-likeness (QED) is 0.696. The molecule has 1 aromatic carbocycles. The topological polar surface area (TPSA) is 93.7 Å². The largest absolute Gasteiger partial charge is 0.479 e. The van der Waals surface area contributed by atoms with Gasteiger partial charge in [-0.2, -0.15) is 0 Å². The summed E-state index contributed by atoms with van der Waals surface area (Å²) in [5.74, 6) is -1.40. The maximum atomic E-state index is 13.0. The minimum absolute atomic E-state index is 0.270. The van der Waals surface area contributed by atoms with Gasteiger partial charge in [0, 0.05) is 39.3 Å². The SMILES string of the molecule is CC(C)CCN(C(=O)[C@H]1O[C@@H]1C(=O)O)C(=O)N1CCN(Cc2ccccc2)CC1. The average Bonchev–Trinajstić information content (AvgIpc) is 3.50. The molecule has 0 aromatic heterocycles. The van der Waals surface area contributed by atoms with Gasteiger partial charge in [0.2, 0.25) is 0 Å². The molecule has 3 rings (SSSR count). The zero-order chi connectivity index (χ0) is 21.0. The maximum absolute atomic E-state index is 13.0. The lowest BCUT2D eigenvalue weighted by Gasteiger charge is -2.37. The second kappa shape index (κ2) is 9.37. The van der Waals surface area contributed by atoms with E-state index >= 15 is 0 Å². The molecule has 8 nitrogen and oxygen atoms in total. The van der Waals surface area contributed by atoms with Crippen LogP contribution in [-0.2, 0) is 20.9 Å². The first-order chi connectivity index (χ1) is 13.9. The number of rotatable bonds is 7. The Morgan fingerprint density at radius 2 is 1.76 bits per heavy atom. The summed E-state index contributed by atoms with van der Waals surface area (Å²) >= 11 is 0. The van der Waals surface area contributed by atoms with E-state index in [-0.39, 0.29) is 12.6 Å². The summed E-state index contributed by atoms with van der Waals surface area (Å²) in [5.41, 5.74) is 1.23. The monoisotopic (exact) mass is 403 g/mol. The van der Waals surface area contributed by atoms with E-state index in [1.165, 1.54) is 10.5 Å². The highest BCUT2D eigenvalue weighted by molar-refractivity contribution is 6.01. The van der Waals surface area contributed by atoms with Crippen molar-refractivity contribution in [1.29, 1.82) is 0 Å². The molecule has 8 heteroatoms. The van der Waals surface area contributed by atoms with Crippen LogP contribution in [0, 0.1) is 5.92 Å². The number of piperazine rings is 1. The molecule has 0 spiro atoms. The summed E-state index contributed by atoms with van der Waals surface area (Å²) in [5, 5.41) is 9.01. The molecule has 0 unspecified atom stereocenters. The van der Waals surface area contributed by atoms with Crippen molar-refractivity contribution in [3.05, 3.63) is 35.9 Å². The number of carbonyl (C=O) groups excluding carboxylic acids is 2. The summed E-state index contributed by atoms with van der Waals surface area (Å²) in [6.45, 7) is 7.65. The Morgan fingerprint density at radius 3 is 2.31 bits per heavy atom. The minimum atomic E-state index is -1.17. The van der Waals surface area contributed by atoms with Gasteiger partial charge < -0.3 is 14.7 Å². The number of nitrogens with zero attached hydrogens (tertiary/aromatic N) is 3. The molecule has 2 heterocycles. The molecule has 0 saturated carbocycles. The van der Waals surface area contributed by atoms with E-state index < -0.39 is 24.1 Å². The third kappa shape index (κ3) is 5.55. The molecule has 2 aliphatic heterocycles. The third-order valence-corrected chi connectivity index (χ3v) is 5.30. The second-order valence-electron chi connectivity index (χ2n) is 8.02. The molecule has 1 aromatic rings. The highest BCUT2D eigenvalue weighted by Gasteiger charge is 2.53. The molecule has 29 heavy (non-hydrogen) atoms. The predicted octanol–water partition coefficient (Wildman–Crippen LogP) is 1.65. The van der Waals surface area contributed by atoms with Gasteiger partial charge in [-0.1, -0.05) is 44.2 Å². The van der Waals surface area contributed by atoms with E-state index in [9.17, 15) is 14.4 Å². The third-order valence-electron chi connectivity index (χ3n) is 5.30. The van der Waals surface area contributed by atoms with Gasteiger partial charge in [0.1, 0.15) is 0 Å². The van der Waals surface area contributed by atoms with Crippen molar-refractivity contribution >= 4 is 17.9 Å². The lowest BCUT2D eigenvalue weighted by atomic mass is 10.1. The highest BCUT2D eigenvalue weighted by atomic mass is 16.6. The van der Waals surface area contributed by atoms with Crippen LogP contribution in [0.15, 0.2) is 30.3 Å². The Bertz CT molecular complexity index is 731. The lowest BCUT2D eigenvalue weighted by molar-refractivity contribution is -0.139.